The average molecular weight is 212 g/mol. The molecule has 0 aliphatic carbocycles. The van der Waals surface area contributed by atoms with Crippen molar-refractivity contribution in [3.8, 4) is 0 Å². The fraction of sp³-hybridized carbons (Fsp3) is 0.667. The second-order valence-corrected chi connectivity index (χ2v) is 3.87. The highest BCUT2D eigenvalue weighted by Crippen LogP contribution is 2.23. The normalized spacial score (nSPS) is 32.0. The van der Waals surface area contributed by atoms with Crippen molar-refractivity contribution in [2.24, 2.45) is 0 Å². The van der Waals surface area contributed by atoms with Crippen molar-refractivity contribution in [2.45, 2.75) is 31.3 Å². The van der Waals surface area contributed by atoms with Gasteiger partial charge in [0.1, 0.15) is 6.04 Å². The van der Waals surface area contributed by atoms with Crippen LogP contribution < -0.4 is 5.32 Å². The Kier molecular flexibility index (Phi) is 2.44. The third-order valence-electron chi connectivity index (χ3n) is 2.92. The van der Waals surface area contributed by atoms with Crippen molar-refractivity contribution < 1.29 is 19.5 Å². The molecule has 2 amide bonds. The highest BCUT2D eigenvalue weighted by atomic mass is 16.4. The summed E-state index contributed by atoms with van der Waals surface area (Å²) >= 11 is 0. The lowest BCUT2D eigenvalue weighted by Crippen LogP contribution is -2.46. The number of nitrogens with zero attached hydrogens (tertiary/aromatic N) is 1. The van der Waals surface area contributed by atoms with E-state index >= 15 is 0 Å². The van der Waals surface area contributed by atoms with Crippen LogP contribution in [0.15, 0.2) is 0 Å². The van der Waals surface area contributed by atoms with Crippen LogP contribution >= 0.6 is 0 Å². The van der Waals surface area contributed by atoms with Gasteiger partial charge >= 0.3 is 5.97 Å². The number of hydrogen-bond donors (Lipinski definition) is 2. The molecule has 2 rings (SSSR count). The van der Waals surface area contributed by atoms with Crippen LogP contribution in [0.1, 0.15) is 19.3 Å². The summed E-state index contributed by atoms with van der Waals surface area (Å²) in [6, 6.07) is -1.20. The Hall–Kier alpha value is -1.43. The molecule has 0 radical (unpaired) electrons. The van der Waals surface area contributed by atoms with Gasteiger partial charge in [-0.25, -0.2) is 0 Å². The van der Waals surface area contributed by atoms with Crippen LogP contribution in [0.4, 0.5) is 0 Å². The molecule has 6 nitrogen and oxygen atoms in total. The SMILES string of the molecule is O=C1CC(N2CCCC2C(=O)O)C(=O)N1. The van der Waals surface area contributed by atoms with Crippen molar-refractivity contribution in [3.05, 3.63) is 0 Å². The van der Waals surface area contributed by atoms with E-state index in [1.807, 2.05) is 0 Å². The Bertz CT molecular complexity index is 328. The standard InChI is InChI=1S/C9H12N2O4/c12-7-4-6(8(13)10-7)11-3-1-2-5(11)9(14)15/h5-6H,1-4H2,(H,14,15)(H,10,12,13). The fourth-order valence-corrected chi connectivity index (χ4v) is 2.24. The summed E-state index contributed by atoms with van der Waals surface area (Å²) in [7, 11) is 0. The van der Waals surface area contributed by atoms with Gasteiger partial charge in [-0.1, -0.05) is 0 Å². The van der Waals surface area contributed by atoms with Crippen LogP contribution in [0.2, 0.25) is 0 Å². The first kappa shape index (κ1) is 10.1. The van der Waals surface area contributed by atoms with Gasteiger partial charge in [-0.15, -0.1) is 0 Å². The lowest BCUT2D eigenvalue weighted by Gasteiger charge is -2.24. The maximum atomic E-state index is 11.4. The zero-order valence-corrected chi connectivity index (χ0v) is 8.10. The molecule has 2 heterocycles. The molecule has 2 aliphatic rings. The minimum absolute atomic E-state index is 0.0859. The Morgan fingerprint density at radius 2 is 2.20 bits per heavy atom. The number of nitrogens with one attached hydrogen (secondary N) is 1. The molecule has 0 aromatic heterocycles. The molecule has 2 N–H and O–H groups in total. The molecule has 2 fully saturated rings. The van der Waals surface area contributed by atoms with Crippen LogP contribution in [0.5, 0.6) is 0 Å². The van der Waals surface area contributed by atoms with Gasteiger partial charge in [0.05, 0.1) is 12.5 Å². The molecule has 15 heavy (non-hydrogen) atoms. The first-order valence-electron chi connectivity index (χ1n) is 4.92. The van der Waals surface area contributed by atoms with E-state index in [0.29, 0.717) is 13.0 Å². The number of carbonyl (C=O) groups is 3. The molecule has 2 atom stereocenters. The minimum atomic E-state index is -0.917. The summed E-state index contributed by atoms with van der Waals surface area (Å²) in [6.07, 6.45) is 1.39. The van der Waals surface area contributed by atoms with Gasteiger partial charge in [0.25, 0.3) is 0 Å². The Labute approximate surface area is 86.2 Å². The number of rotatable bonds is 2. The van der Waals surface area contributed by atoms with E-state index in [0.717, 1.165) is 6.42 Å². The average Bonchev–Trinajstić information content (AvgIpc) is 2.71. The highest BCUT2D eigenvalue weighted by molar-refractivity contribution is 6.05. The maximum Gasteiger partial charge on any atom is 0.320 e. The van der Waals surface area contributed by atoms with E-state index in [1.54, 1.807) is 4.90 Å². The van der Waals surface area contributed by atoms with Crippen LogP contribution in [0.25, 0.3) is 0 Å². The van der Waals surface area contributed by atoms with Crippen molar-refractivity contribution in [2.75, 3.05) is 6.54 Å². The Morgan fingerprint density at radius 3 is 2.73 bits per heavy atom. The lowest BCUT2D eigenvalue weighted by atomic mass is 10.1. The van der Waals surface area contributed by atoms with E-state index < -0.39 is 18.1 Å². The summed E-state index contributed by atoms with van der Waals surface area (Å²) in [5.74, 6) is -1.60. The van der Waals surface area contributed by atoms with Gasteiger partial charge in [-0.2, -0.15) is 0 Å². The van der Waals surface area contributed by atoms with Gasteiger partial charge in [0.2, 0.25) is 11.8 Å². The third kappa shape index (κ3) is 1.72. The summed E-state index contributed by atoms with van der Waals surface area (Å²) in [5, 5.41) is 11.1. The number of aliphatic carboxylic acids is 1. The molecule has 0 saturated carbocycles. The molecule has 0 bridgehead atoms. The molecular formula is C9H12N2O4. The molecule has 2 unspecified atom stereocenters. The van der Waals surface area contributed by atoms with Crippen molar-refractivity contribution in [1.82, 2.24) is 10.2 Å². The Morgan fingerprint density at radius 1 is 1.47 bits per heavy atom. The van der Waals surface area contributed by atoms with Gasteiger partial charge in [-0.05, 0) is 19.4 Å². The van der Waals surface area contributed by atoms with Crippen molar-refractivity contribution in [3.63, 3.8) is 0 Å². The predicted octanol–water partition coefficient (Wildman–Crippen LogP) is -1.05. The van der Waals surface area contributed by atoms with Crippen molar-refractivity contribution in [1.29, 1.82) is 0 Å². The fourth-order valence-electron chi connectivity index (χ4n) is 2.24. The number of carbonyl (C=O) groups excluding carboxylic acids is 2. The smallest absolute Gasteiger partial charge is 0.320 e. The van der Waals surface area contributed by atoms with Gasteiger partial charge in [-0.3, -0.25) is 24.6 Å². The van der Waals surface area contributed by atoms with Crippen LogP contribution in [0, 0.1) is 0 Å². The first-order valence-corrected chi connectivity index (χ1v) is 4.92. The number of hydrogen-bond acceptors (Lipinski definition) is 4. The second kappa shape index (κ2) is 3.62. The predicted molar refractivity (Wildman–Crippen MR) is 48.9 cm³/mol. The van der Waals surface area contributed by atoms with Crippen LogP contribution in [0.3, 0.4) is 0 Å². The molecular weight excluding hydrogens is 200 g/mol. The molecule has 6 heteroatoms. The topological polar surface area (TPSA) is 86.7 Å². The monoisotopic (exact) mass is 212 g/mol. The van der Waals surface area contributed by atoms with Gasteiger partial charge in [0, 0.05) is 0 Å². The quantitative estimate of drug-likeness (QED) is 0.570. The zero-order chi connectivity index (χ0) is 11.0. The summed E-state index contributed by atoms with van der Waals surface area (Å²) < 4.78 is 0. The van der Waals surface area contributed by atoms with Gasteiger partial charge < -0.3 is 5.11 Å². The number of likely N-dealkylation sites (tertiary alicyclic amines) is 1. The number of amides is 2. The molecule has 2 aliphatic heterocycles. The summed E-state index contributed by atoms with van der Waals surface area (Å²) in [4.78, 5) is 34.9. The number of carboxylic acid groups (broad SMARTS) is 1. The van der Waals surface area contributed by atoms with E-state index in [4.69, 9.17) is 5.11 Å². The summed E-state index contributed by atoms with van der Waals surface area (Å²) in [5.41, 5.74) is 0. The minimum Gasteiger partial charge on any atom is -0.480 e. The first-order chi connectivity index (χ1) is 7.09. The van der Waals surface area contributed by atoms with E-state index in [2.05, 4.69) is 5.32 Å². The van der Waals surface area contributed by atoms with Crippen LogP contribution in [-0.2, 0) is 14.4 Å². The molecule has 0 aromatic carbocycles. The maximum absolute atomic E-state index is 11.4. The van der Waals surface area contributed by atoms with Gasteiger partial charge in [0.15, 0.2) is 0 Å². The van der Waals surface area contributed by atoms with E-state index in [-0.39, 0.29) is 18.2 Å². The number of imide groups is 1. The third-order valence-corrected chi connectivity index (χ3v) is 2.92. The van der Waals surface area contributed by atoms with Crippen molar-refractivity contribution >= 4 is 17.8 Å². The molecule has 0 aromatic rings. The highest BCUT2D eigenvalue weighted by Gasteiger charge is 2.42. The largest absolute Gasteiger partial charge is 0.480 e. The lowest BCUT2D eigenvalue weighted by molar-refractivity contribution is -0.143. The van der Waals surface area contributed by atoms with E-state index in [1.165, 1.54) is 0 Å². The molecule has 2 saturated heterocycles. The second-order valence-electron chi connectivity index (χ2n) is 3.87. The zero-order valence-electron chi connectivity index (χ0n) is 8.10. The summed E-state index contributed by atoms with van der Waals surface area (Å²) in [6.45, 7) is 0.572. The molecule has 0 spiro atoms. The van der Waals surface area contributed by atoms with E-state index in [9.17, 15) is 14.4 Å². The number of carboxylic acids is 1. The Balaban J connectivity index is 2.13. The molecule has 82 valence electrons. The van der Waals surface area contributed by atoms with Crippen LogP contribution in [-0.4, -0.2) is 46.4 Å².